The molecule has 45 heavy (non-hydrogen) atoms. The molecule has 0 spiro atoms. The molecule has 2 aliphatic rings. The van der Waals surface area contributed by atoms with E-state index in [0.717, 1.165) is 33.7 Å². The zero-order valence-electron chi connectivity index (χ0n) is 25.3. The van der Waals surface area contributed by atoms with Gasteiger partial charge in [-0.3, -0.25) is 9.59 Å². The second-order valence-electron chi connectivity index (χ2n) is 11.3. The summed E-state index contributed by atoms with van der Waals surface area (Å²) in [6, 6.07) is 14.9. The summed E-state index contributed by atoms with van der Waals surface area (Å²) >= 11 is 0.948. The lowest BCUT2D eigenvalue weighted by Gasteiger charge is -2.37. The SMILES string of the molecule is CCOC(=O)c1nnc(NC(=O)C(C)(C)[C@H]2c3ccc(C)nc3Oc3nc(-c4ccc(C(=O)N5CCOCC5)cc4)ccc32)s1. The number of aryl methyl sites for hydroxylation is 1. The van der Waals surface area contributed by atoms with Crippen LogP contribution in [0.1, 0.15) is 63.7 Å². The maximum atomic E-state index is 13.8. The van der Waals surface area contributed by atoms with E-state index in [1.807, 2.05) is 57.2 Å². The summed E-state index contributed by atoms with van der Waals surface area (Å²) in [4.78, 5) is 50.0. The van der Waals surface area contributed by atoms with Crippen LogP contribution in [0, 0.1) is 12.3 Å². The third kappa shape index (κ3) is 6.00. The number of benzene rings is 1. The van der Waals surface area contributed by atoms with Crippen LogP contribution < -0.4 is 10.1 Å². The van der Waals surface area contributed by atoms with Gasteiger partial charge in [0.2, 0.25) is 27.8 Å². The zero-order valence-corrected chi connectivity index (χ0v) is 26.1. The van der Waals surface area contributed by atoms with Gasteiger partial charge in [0.15, 0.2) is 0 Å². The van der Waals surface area contributed by atoms with E-state index in [1.54, 1.807) is 24.0 Å². The molecule has 0 unspecified atom stereocenters. The summed E-state index contributed by atoms with van der Waals surface area (Å²) < 4.78 is 16.6. The molecule has 12 nitrogen and oxygen atoms in total. The van der Waals surface area contributed by atoms with Crippen molar-refractivity contribution in [2.75, 3.05) is 38.2 Å². The number of esters is 1. The minimum absolute atomic E-state index is 0.0290. The number of nitrogens with zero attached hydrogens (tertiary/aromatic N) is 5. The average molecular weight is 629 g/mol. The van der Waals surface area contributed by atoms with Gasteiger partial charge in [-0.2, -0.15) is 0 Å². The molecule has 0 bridgehead atoms. The van der Waals surface area contributed by atoms with Crippen molar-refractivity contribution in [3.8, 4) is 23.0 Å². The monoisotopic (exact) mass is 628 g/mol. The molecule has 2 amide bonds. The molecule has 2 aliphatic heterocycles. The highest BCUT2D eigenvalue weighted by atomic mass is 32.1. The Bertz CT molecular complexity index is 1770. The van der Waals surface area contributed by atoms with E-state index >= 15 is 0 Å². The standard InChI is InChI=1S/C32H32N6O6S/c1-5-43-29(40)27-36-37-31(45-27)35-30(41)32(3,4)24-21-11-6-18(2)33-25(21)44-26-22(24)12-13-23(34-26)19-7-9-20(10-8-19)28(39)38-14-16-42-17-15-38/h6-13,24H,5,14-17H2,1-4H3,(H,35,37,41)/t24-/m0/s1. The fourth-order valence-electron chi connectivity index (χ4n) is 5.47. The first-order valence-electron chi connectivity index (χ1n) is 14.6. The van der Waals surface area contributed by atoms with Gasteiger partial charge in [0.05, 0.1) is 30.9 Å². The molecule has 1 saturated heterocycles. The topological polar surface area (TPSA) is 146 Å². The molecule has 4 aromatic rings. The number of nitrogens with one attached hydrogen (secondary N) is 1. The number of hydrogen-bond acceptors (Lipinski definition) is 11. The summed E-state index contributed by atoms with van der Waals surface area (Å²) in [5.74, 6) is -0.704. The Morgan fingerprint density at radius 1 is 0.978 bits per heavy atom. The molecule has 5 heterocycles. The summed E-state index contributed by atoms with van der Waals surface area (Å²) in [7, 11) is 0. The van der Waals surface area contributed by atoms with Gasteiger partial charge in [0, 0.05) is 47.0 Å². The van der Waals surface area contributed by atoms with Gasteiger partial charge in [-0.05, 0) is 38.1 Å². The molecule has 1 N–H and O–H groups in total. The number of morpholine rings is 1. The van der Waals surface area contributed by atoms with Gasteiger partial charge in [-0.15, -0.1) is 10.2 Å². The van der Waals surface area contributed by atoms with Crippen LogP contribution in [-0.4, -0.2) is 75.8 Å². The first kappa shape index (κ1) is 30.3. The molecule has 1 aromatic carbocycles. The smallest absolute Gasteiger partial charge is 0.369 e. The number of ether oxygens (including phenoxy) is 3. The number of carbonyl (C=O) groups excluding carboxylic acids is 3. The number of anilines is 1. The van der Waals surface area contributed by atoms with E-state index in [4.69, 9.17) is 19.2 Å². The van der Waals surface area contributed by atoms with Crippen molar-refractivity contribution in [3.05, 3.63) is 75.9 Å². The normalized spacial score (nSPS) is 15.8. The Balaban J connectivity index is 1.29. The van der Waals surface area contributed by atoms with Gasteiger partial charge in [0.1, 0.15) is 0 Å². The van der Waals surface area contributed by atoms with Crippen LogP contribution in [0.5, 0.6) is 11.8 Å². The van der Waals surface area contributed by atoms with Gasteiger partial charge < -0.3 is 24.4 Å². The van der Waals surface area contributed by atoms with Crippen LogP contribution in [0.25, 0.3) is 11.3 Å². The fraction of sp³-hybridized carbons (Fsp3) is 0.344. The van der Waals surface area contributed by atoms with Crippen molar-refractivity contribution in [3.63, 3.8) is 0 Å². The predicted molar refractivity (Wildman–Crippen MR) is 166 cm³/mol. The molecular weight excluding hydrogens is 596 g/mol. The average Bonchev–Trinajstić information content (AvgIpc) is 3.52. The highest BCUT2D eigenvalue weighted by Crippen LogP contribution is 2.51. The van der Waals surface area contributed by atoms with Gasteiger partial charge in [0.25, 0.3) is 5.91 Å². The highest BCUT2D eigenvalue weighted by molar-refractivity contribution is 7.17. The van der Waals surface area contributed by atoms with E-state index in [-0.39, 0.29) is 28.6 Å². The van der Waals surface area contributed by atoms with Crippen LogP contribution >= 0.6 is 11.3 Å². The van der Waals surface area contributed by atoms with Gasteiger partial charge in [-0.1, -0.05) is 49.4 Å². The van der Waals surface area contributed by atoms with Crippen LogP contribution in [0.15, 0.2) is 48.5 Å². The van der Waals surface area contributed by atoms with Gasteiger partial charge in [-0.25, -0.2) is 14.8 Å². The first-order chi connectivity index (χ1) is 21.7. The predicted octanol–water partition coefficient (Wildman–Crippen LogP) is 4.86. The minimum Gasteiger partial charge on any atom is -0.461 e. The quantitative estimate of drug-likeness (QED) is 0.282. The number of carbonyl (C=O) groups is 3. The van der Waals surface area contributed by atoms with E-state index in [1.165, 1.54) is 0 Å². The third-order valence-corrected chi connectivity index (χ3v) is 8.68. The van der Waals surface area contributed by atoms with Crippen molar-refractivity contribution in [1.29, 1.82) is 0 Å². The molecule has 3 aromatic heterocycles. The number of fused-ring (bicyclic) bond motifs is 2. The van der Waals surface area contributed by atoms with Crippen molar-refractivity contribution in [1.82, 2.24) is 25.1 Å². The lowest BCUT2D eigenvalue weighted by atomic mass is 9.70. The Morgan fingerprint density at radius 3 is 2.38 bits per heavy atom. The number of pyridine rings is 2. The second kappa shape index (κ2) is 12.3. The third-order valence-electron chi connectivity index (χ3n) is 7.86. The van der Waals surface area contributed by atoms with Crippen molar-refractivity contribution < 1.29 is 28.6 Å². The number of hydrogen-bond donors (Lipinski definition) is 1. The van der Waals surface area contributed by atoms with Gasteiger partial charge >= 0.3 is 5.97 Å². The summed E-state index contributed by atoms with van der Waals surface area (Å²) in [5.41, 5.74) is 3.25. The van der Waals surface area contributed by atoms with Crippen molar-refractivity contribution in [2.24, 2.45) is 5.41 Å². The summed E-state index contributed by atoms with van der Waals surface area (Å²) in [6.45, 7) is 9.66. The maximum Gasteiger partial charge on any atom is 0.369 e. The van der Waals surface area contributed by atoms with Crippen LogP contribution in [0.2, 0.25) is 0 Å². The molecule has 0 saturated carbocycles. The molecule has 0 aliphatic carbocycles. The lowest BCUT2D eigenvalue weighted by molar-refractivity contribution is -0.124. The Labute approximate surface area is 263 Å². The van der Waals surface area contributed by atoms with Crippen molar-refractivity contribution >= 4 is 34.3 Å². The Morgan fingerprint density at radius 2 is 1.67 bits per heavy atom. The zero-order chi connectivity index (χ0) is 31.7. The van der Waals surface area contributed by atoms with E-state index in [0.29, 0.717) is 49.3 Å². The Hall–Kier alpha value is -4.75. The van der Waals surface area contributed by atoms with Crippen LogP contribution in [-0.2, 0) is 14.3 Å². The lowest BCUT2D eigenvalue weighted by Crippen LogP contribution is -2.40. The fourth-order valence-corrected chi connectivity index (χ4v) is 6.10. The molecular formula is C32H32N6O6S. The maximum absolute atomic E-state index is 13.8. The number of amides is 2. The molecule has 1 fully saturated rings. The molecule has 232 valence electrons. The molecule has 13 heteroatoms. The molecule has 0 radical (unpaired) electrons. The first-order valence-corrected chi connectivity index (χ1v) is 15.4. The van der Waals surface area contributed by atoms with E-state index in [9.17, 15) is 14.4 Å². The van der Waals surface area contributed by atoms with Crippen LogP contribution in [0.3, 0.4) is 0 Å². The highest BCUT2D eigenvalue weighted by Gasteiger charge is 2.45. The van der Waals surface area contributed by atoms with Crippen molar-refractivity contribution in [2.45, 2.75) is 33.6 Å². The molecule has 1 atom stereocenters. The number of aromatic nitrogens is 4. The summed E-state index contributed by atoms with van der Waals surface area (Å²) in [6.07, 6.45) is 0. The summed E-state index contributed by atoms with van der Waals surface area (Å²) in [5, 5.41) is 10.9. The minimum atomic E-state index is -1.04. The second-order valence-corrected chi connectivity index (χ2v) is 12.2. The Kier molecular flexibility index (Phi) is 8.30. The largest absolute Gasteiger partial charge is 0.461 e. The molecule has 6 rings (SSSR count). The van der Waals surface area contributed by atoms with E-state index in [2.05, 4.69) is 20.5 Å². The number of rotatable bonds is 7. The van der Waals surface area contributed by atoms with E-state index < -0.39 is 17.3 Å². The van der Waals surface area contributed by atoms with Crippen LogP contribution in [0.4, 0.5) is 5.13 Å².